The number of imide groups is 2. The van der Waals surface area contributed by atoms with Crippen molar-refractivity contribution in [3.8, 4) is 0 Å². The van der Waals surface area contributed by atoms with E-state index in [9.17, 15) is 19.2 Å². The fourth-order valence-electron chi connectivity index (χ4n) is 5.86. The van der Waals surface area contributed by atoms with E-state index in [1.165, 1.54) is 59.8 Å². The molecule has 3 fully saturated rings. The topological polar surface area (TPSA) is 74.8 Å². The Morgan fingerprint density at radius 2 is 1.23 bits per heavy atom. The molecule has 26 heavy (non-hydrogen) atoms. The summed E-state index contributed by atoms with van der Waals surface area (Å²) in [5, 5.41) is 0. The van der Waals surface area contributed by atoms with Crippen LogP contribution < -0.4 is 0 Å². The lowest BCUT2D eigenvalue weighted by atomic mass is 9.68. The maximum absolute atomic E-state index is 12.3. The summed E-state index contributed by atoms with van der Waals surface area (Å²) >= 11 is 0. The first kappa shape index (κ1) is 16.0. The predicted octanol–water partition coefficient (Wildman–Crippen LogP) is 1.42. The Labute approximate surface area is 151 Å². The fraction of sp³-hybridized carbons (Fsp3) is 0.600. The summed E-state index contributed by atoms with van der Waals surface area (Å²) in [5.74, 6) is 1.24. The van der Waals surface area contributed by atoms with E-state index in [1.54, 1.807) is 0 Å². The van der Waals surface area contributed by atoms with Gasteiger partial charge in [-0.2, -0.15) is 0 Å². The highest BCUT2D eigenvalue weighted by molar-refractivity contribution is 6.15. The SMILES string of the molecule is O=C1C=CC(=O)N1C1CC(CC2CC3CCC3C2)C1N1C(=O)C=CC1=O. The number of carbonyl (C=O) groups excluding carboxylic acids is 4. The van der Waals surface area contributed by atoms with Crippen molar-refractivity contribution in [3.05, 3.63) is 24.3 Å². The van der Waals surface area contributed by atoms with Crippen molar-refractivity contribution in [2.75, 3.05) is 0 Å². The standard InChI is InChI=1S/C20H22N2O4/c23-16-3-4-17(24)21(16)15-10-14(9-11-7-12-1-2-13(12)8-11)20(15)22-18(25)5-6-19(22)26/h3-6,11-15,20H,1-2,7-10H2. The fourth-order valence-corrected chi connectivity index (χ4v) is 5.86. The molecule has 6 nitrogen and oxygen atoms in total. The molecule has 0 aromatic rings. The molecule has 5 aliphatic rings. The van der Waals surface area contributed by atoms with Gasteiger partial charge in [0.2, 0.25) is 0 Å². The summed E-state index contributed by atoms with van der Waals surface area (Å²) in [6.45, 7) is 0. The lowest BCUT2D eigenvalue weighted by Crippen LogP contribution is -2.66. The third-order valence-electron chi connectivity index (χ3n) is 7.22. The van der Waals surface area contributed by atoms with Crippen LogP contribution in [-0.4, -0.2) is 45.5 Å². The quantitative estimate of drug-likeness (QED) is 0.716. The second-order valence-electron chi connectivity index (χ2n) is 8.48. The summed E-state index contributed by atoms with van der Waals surface area (Å²) in [5.41, 5.74) is 0. The van der Waals surface area contributed by atoms with Crippen LogP contribution in [0.2, 0.25) is 0 Å². The van der Waals surface area contributed by atoms with Crippen molar-refractivity contribution in [1.82, 2.24) is 9.80 Å². The minimum atomic E-state index is -0.388. The van der Waals surface area contributed by atoms with Gasteiger partial charge in [-0.3, -0.25) is 29.0 Å². The number of amides is 4. The highest BCUT2D eigenvalue weighted by Crippen LogP contribution is 2.53. The molecule has 0 radical (unpaired) electrons. The first-order valence-corrected chi connectivity index (χ1v) is 9.63. The monoisotopic (exact) mass is 354 g/mol. The van der Waals surface area contributed by atoms with Gasteiger partial charge in [-0.05, 0) is 62.2 Å². The first-order chi connectivity index (χ1) is 12.5. The van der Waals surface area contributed by atoms with Crippen LogP contribution in [0, 0.1) is 23.7 Å². The van der Waals surface area contributed by atoms with Gasteiger partial charge < -0.3 is 0 Å². The van der Waals surface area contributed by atoms with Crippen LogP contribution in [0.4, 0.5) is 0 Å². The highest BCUT2D eigenvalue weighted by atomic mass is 16.2. The summed E-state index contributed by atoms with van der Waals surface area (Å²) in [6, 6.07) is -0.767. The van der Waals surface area contributed by atoms with Crippen molar-refractivity contribution in [2.45, 2.75) is 50.6 Å². The van der Waals surface area contributed by atoms with E-state index >= 15 is 0 Å². The van der Waals surface area contributed by atoms with Crippen LogP contribution in [0.1, 0.15) is 38.5 Å². The van der Waals surface area contributed by atoms with E-state index in [1.807, 2.05) is 0 Å². The maximum Gasteiger partial charge on any atom is 0.253 e. The average Bonchev–Trinajstić information content (AvgIpc) is 3.17. The maximum atomic E-state index is 12.3. The van der Waals surface area contributed by atoms with Crippen LogP contribution in [0.3, 0.4) is 0 Å². The number of nitrogens with zero attached hydrogens (tertiary/aromatic N) is 2. The van der Waals surface area contributed by atoms with Crippen molar-refractivity contribution >= 4 is 23.6 Å². The summed E-state index contributed by atoms with van der Waals surface area (Å²) in [4.78, 5) is 51.2. The van der Waals surface area contributed by atoms with Crippen LogP contribution in [0.15, 0.2) is 24.3 Å². The van der Waals surface area contributed by atoms with Crippen LogP contribution in [-0.2, 0) is 19.2 Å². The molecule has 0 aromatic carbocycles. The molecule has 5 unspecified atom stereocenters. The molecule has 0 aromatic heterocycles. The Morgan fingerprint density at radius 3 is 1.73 bits per heavy atom. The Kier molecular flexibility index (Phi) is 3.46. The summed E-state index contributed by atoms with van der Waals surface area (Å²) in [7, 11) is 0. The molecule has 2 heterocycles. The van der Waals surface area contributed by atoms with E-state index in [-0.39, 0.29) is 41.6 Å². The van der Waals surface area contributed by atoms with Gasteiger partial charge in [-0.25, -0.2) is 0 Å². The molecule has 2 aliphatic heterocycles. The largest absolute Gasteiger partial charge is 0.270 e. The van der Waals surface area contributed by atoms with Gasteiger partial charge >= 0.3 is 0 Å². The predicted molar refractivity (Wildman–Crippen MR) is 91.2 cm³/mol. The van der Waals surface area contributed by atoms with E-state index in [4.69, 9.17) is 0 Å². The molecule has 0 bridgehead atoms. The zero-order chi connectivity index (χ0) is 18.0. The van der Waals surface area contributed by atoms with Crippen molar-refractivity contribution in [3.63, 3.8) is 0 Å². The van der Waals surface area contributed by atoms with Gasteiger partial charge in [0, 0.05) is 24.3 Å². The van der Waals surface area contributed by atoms with E-state index in [0.717, 1.165) is 18.3 Å². The second kappa shape index (κ2) is 5.63. The van der Waals surface area contributed by atoms with Gasteiger partial charge in [-0.15, -0.1) is 0 Å². The third-order valence-corrected chi connectivity index (χ3v) is 7.22. The molecular formula is C20H22N2O4. The molecule has 0 spiro atoms. The summed E-state index contributed by atoms with van der Waals surface area (Å²) < 4.78 is 0. The van der Waals surface area contributed by atoms with Crippen molar-refractivity contribution < 1.29 is 19.2 Å². The van der Waals surface area contributed by atoms with Crippen LogP contribution in [0.25, 0.3) is 0 Å². The molecular weight excluding hydrogens is 332 g/mol. The van der Waals surface area contributed by atoms with Gasteiger partial charge in [0.05, 0.1) is 12.1 Å². The zero-order valence-corrected chi connectivity index (χ0v) is 14.5. The number of hydrogen-bond acceptors (Lipinski definition) is 4. The van der Waals surface area contributed by atoms with Crippen molar-refractivity contribution in [2.24, 2.45) is 23.7 Å². The normalized spacial score (nSPS) is 41.1. The molecule has 5 rings (SSSR count). The summed E-state index contributed by atoms with van der Waals surface area (Å²) in [6.07, 6.45) is 12.0. The minimum absolute atomic E-state index is 0.177. The molecule has 6 heteroatoms. The minimum Gasteiger partial charge on any atom is -0.270 e. The van der Waals surface area contributed by atoms with Gasteiger partial charge in [-0.1, -0.05) is 0 Å². The third kappa shape index (κ3) is 2.24. The first-order valence-electron chi connectivity index (χ1n) is 9.63. The van der Waals surface area contributed by atoms with E-state index < -0.39 is 0 Å². The van der Waals surface area contributed by atoms with E-state index in [2.05, 4.69) is 0 Å². The van der Waals surface area contributed by atoms with E-state index in [0.29, 0.717) is 12.3 Å². The lowest BCUT2D eigenvalue weighted by molar-refractivity contribution is -0.158. The molecule has 136 valence electrons. The Hall–Kier alpha value is -2.24. The number of rotatable bonds is 4. The Bertz CT molecular complexity index is 722. The molecule has 0 N–H and O–H groups in total. The number of hydrogen-bond donors (Lipinski definition) is 0. The molecule has 4 amide bonds. The smallest absolute Gasteiger partial charge is 0.253 e. The Morgan fingerprint density at radius 1 is 0.731 bits per heavy atom. The van der Waals surface area contributed by atoms with Crippen LogP contribution in [0.5, 0.6) is 0 Å². The molecule has 3 aliphatic carbocycles. The van der Waals surface area contributed by atoms with Crippen molar-refractivity contribution in [1.29, 1.82) is 0 Å². The number of carbonyl (C=O) groups is 4. The number of fused-ring (bicyclic) bond motifs is 1. The second-order valence-corrected chi connectivity index (χ2v) is 8.48. The van der Waals surface area contributed by atoms with Crippen LogP contribution >= 0.6 is 0 Å². The molecule has 5 atom stereocenters. The van der Waals surface area contributed by atoms with Gasteiger partial charge in [0.15, 0.2) is 0 Å². The molecule has 0 saturated heterocycles. The van der Waals surface area contributed by atoms with Gasteiger partial charge in [0.1, 0.15) is 0 Å². The lowest BCUT2D eigenvalue weighted by Gasteiger charge is -2.51. The average molecular weight is 354 g/mol. The Balaban J connectivity index is 1.36. The zero-order valence-electron chi connectivity index (χ0n) is 14.5. The highest BCUT2D eigenvalue weighted by Gasteiger charge is 2.55. The molecule has 3 saturated carbocycles. The van der Waals surface area contributed by atoms with Gasteiger partial charge in [0.25, 0.3) is 23.6 Å².